The summed E-state index contributed by atoms with van der Waals surface area (Å²) in [6.07, 6.45) is 9.13. The molecule has 1 aromatic heterocycles. The van der Waals surface area contributed by atoms with E-state index >= 15 is 0 Å². The van der Waals surface area contributed by atoms with Crippen molar-refractivity contribution in [3.05, 3.63) is 48.3 Å². The van der Waals surface area contributed by atoms with Gasteiger partial charge in [0, 0.05) is 17.9 Å². The van der Waals surface area contributed by atoms with Crippen molar-refractivity contribution in [1.82, 2.24) is 10.3 Å². The third-order valence-corrected chi connectivity index (χ3v) is 4.32. The smallest absolute Gasteiger partial charge is 0.253 e. The maximum Gasteiger partial charge on any atom is 0.253 e. The third kappa shape index (κ3) is 4.25. The molecule has 0 bridgehead atoms. The summed E-state index contributed by atoms with van der Waals surface area (Å²) in [5, 5.41) is 6.37. The molecule has 0 radical (unpaired) electrons. The van der Waals surface area contributed by atoms with Crippen LogP contribution in [0.4, 0.5) is 11.4 Å². The van der Waals surface area contributed by atoms with Crippen molar-refractivity contribution in [3.63, 3.8) is 0 Å². The molecule has 1 aliphatic carbocycles. The zero-order chi connectivity index (χ0) is 16.8. The summed E-state index contributed by atoms with van der Waals surface area (Å²) in [6.45, 7) is 0. The molecule has 0 unspecified atom stereocenters. The van der Waals surface area contributed by atoms with Crippen LogP contribution in [0.25, 0.3) is 0 Å². The summed E-state index contributed by atoms with van der Waals surface area (Å²) in [4.78, 5) is 16.6. The van der Waals surface area contributed by atoms with Gasteiger partial charge in [0.15, 0.2) is 0 Å². The molecule has 24 heavy (non-hydrogen) atoms. The summed E-state index contributed by atoms with van der Waals surface area (Å²) in [6, 6.07) is 9.74. The summed E-state index contributed by atoms with van der Waals surface area (Å²) < 4.78 is 5.15. The van der Waals surface area contributed by atoms with Gasteiger partial charge >= 0.3 is 0 Å². The summed E-state index contributed by atoms with van der Waals surface area (Å²) in [5.74, 6) is 0.757. The highest BCUT2D eigenvalue weighted by Crippen LogP contribution is 2.21. The van der Waals surface area contributed by atoms with Crippen LogP contribution >= 0.6 is 0 Å². The SMILES string of the molecule is COc1ccc(Nc2cncc(C(=O)NC3CCCCC3)c2)cc1. The van der Waals surface area contributed by atoms with Gasteiger partial charge in [0.2, 0.25) is 0 Å². The lowest BCUT2D eigenvalue weighted by atomic mass is 9.95. The van der Waals surface area contributed by atoms with Crippen molar-refractivity contribution < 1.29 is 9.53 Å². The van der Waals surface area contributed by atoms with Crippen LogP contribution in [0.15, 0.2) is 42.7 Å². The monoisotopic (exact) mass is 325 g/mol. The molecule has 0 spiro atoms. The van der Waals surface area contributed by atoms with Crippen molar-refractivity contribution in [3.8, 4) is 5.75 Å². The quantitative estimate of drug-likeness (QED) is 0.875. The standard InChI is InChI=1S/C19H23N3O2/c1-24-18-9-7-16(8-10-18)21-17-11-14(12-20-13-17)19(23)22-15-5-3-2-4-6-15/h7-13,15,21H,2-6H2,1H3,(H,22,23). The highest BCUT2D eigenvalue weighted by atomic mass is 16.5. The number of anilines is 2. The molecule has 1 fully saturated rings. The minimum atomic E-state index is -0.0484. The first-order valence-electron chi connectivity index (χ1n) is 8.41. The highest BCUT2D eigenvalue weighted by Gasteiger charge is 2.17. The van der Waals surface area contributed by atoms with Gasteiger partial charge in [-0.15, -0.1) is 0 Å². The molecule has 126 valence electrons. The Morgan fingerprint density at radius 1 is 1.08 bits per heavy atom. The molecule has 1 aromatic carbocycles. The molecular weight excluding hydrogens is 302 g/mol. The molecule has 0 saturated heterocycles. The number of pyridine rings is 1. The number of aromatic nitrogens is 1. The predicted octanol–water partition coefficient (Wildman–Crippen LogP) is 3.90. The van der Waals surface area contributed by atoms with Crippen LogP contribution in [0, 0.1) is 0 Å². The fraction of sp³-hybridized carbons (Fsp3) is 0.368. The summed E-state index contributed by atoms with van der Waals surface area (Å²) >= 11 is 0. The number of amides is 1. The van der Waals surface area contributed by atoms with Gasteiger partial charge in [-0.2, -0.15) is 0 Å². The number of benzene rings is 1. The summed E-state index contributed by atoms with van der Waals surface area (Å²) in [5.41, 5.74) is 2.29. The molecule has 1 amide bonds. The van der Waals surface area contributed by atoms with Crippen molar-refractivity contribution in [2.45, 2.75) is 38.1 Å². The Bertz CT molecular complexity index is 679. The van der Waals surface area contributed by atoms with E-state index in [1.165, 1.54) is 19.3 Å². The lowest BCUT2D eigenvalue weighted by Crippen LogP contribution is -2.36. The van der Waals surface area contributed by atoms with Gasteiger partial charge in [-0.3, -0.25) is 9.78 Å². The number of ether oxygens (including phenoxy) is 1. The zero-order valence-corrected chi connectivity index (χ0v) is 13.9. The van der Waals surface area contributed by atoms with Crippen molar-refractivity contribution in [2.24, 2.45) is 0 Å². The van der Waals surface area contributed by atoms with Crippen LogP contribution in [-0.2, 0) is 0 Å². The molecule has 1 heterocycles. The van der Waals surface area contributed by atoms with E-state index < -0.39 is 0 Å². The van der Waals surface area contributed by atoms with Gasteiger partial charge in [-0.05, 0) is 43.2 Å². The molecule has 2 aromatic rings. The largest absolute Gasteiger partial charge is 0.497 e. The van der Waals surface area contributed by atoms with Gasteiger partial charge in [-0.1, -0.05) is 19.3 Å². The van der Waals surface area contributed by atoms with Crippen molar-refractivity contribution in [2.75, 3.05) is 12.4 Å². The maximum absolute atomic E-state index is 12.4. The van der Waals surface area contributed by atoms with Crippen LogP contribution in [-0.4, -0.2) is 24.0 Å². The minimum Gasteiger partial charge on any atom is -0.497 e. The van der Waals surface area contributed by atoms with Crippen molar-refractivity contribution >= 4 is 17.3 Å². The molecular formula is C19H23N3O2. The second kappa shape index (κ2) is 7.81. The lowest BCUT2D eigenvalue weighted by Gasteiger charge is -2.22. The Labute approximate surface area is 142 Å². The van der Waals surface area contributed by atoms with Gasteiger partial charge < -0.3 is 15.4 Å². The second-order valence-electron chi connectivity index (χ2n) is 6.12. The first-order chi connectivity index (χ1) is 11.7. The summed E-state index contributed by atoms with van der Waals surface area (Å²) in [7, 11) is 1.64. The number of nitrogens with zero attached hydrogens (tertiary/aromatic N) is 1. The molecule has 1 saturated carbocycles. The van der Waals surface area contributed by atoms with Gasteiger partial charge in [0.05, 0.1) is 24.6 Å². The van der Waals surface area contributed by atoms with Crippen LogP contribution in [0.2, 0.25) is 0 Å². The molecule has 5 heteroatoms. The van der Waals surface area contributed by atoms with E-state index in [2.05, 4.69) is 15.6 Å². The van der Waals surface area contributed by atoms with Crippen LogP contribution in [0.5, 0.6) is 5.75 Å². The van der Waals surface area contributed by atoms with Gasteiger partial charge in [0.25, 0.3) is 5.91 Å². The Kier molecular flexibility index (Phi) is 5.31. The average Bonchev–Trinajstić information content (AvgIpc) is 2.63. The number of methoxy groups -OCH3 is 1. The first kappa shape index (κ1) is 16.3. The number of nitrogens with one attached hydrogen (secondary N) is 2. The Morgan fingerprint density at radius 3 is 2.54 bits per heavy atom. The van der Waals surface area contributed by atoms with E-state index in [4.69, 9.17) is 4.74 Å². The third-order valence-electron chi connectivity index (χ3n) is 4.32. The Morgan fingerprint density at radius 2 is 1.83 bits per heavy atom. The van der Waals surface area contributed by atoms with Gasteiger partial charge in [0.1, 0.15) is 5.75 Å². The van der Waals surface area contributed by atoms with E-state index in [9.17, 15) is 4.79 Å². The Balaban J connectivity index is 1.65. The highest BCUT2D eigenvalue weighted by molar-refractivity contribution is 5.95. The molecule has 2 N–H and O–H groups in total. The average molecular weight is 325 g/mol. The van der Waals surface area contributed by atoms with E-state index in [-0.39, 0.29) is 5.91 Å². The van der Waals surface area contributed by atoms with E-state index in [0.29, 0.717) is 11.6 Å². The topological polar surface area (TPSA) is 63.2 Å². The lowest BCUT2D eigenvalue weighted by molar-refractivity contribution is 0.0927. The normalized spacial score (nSPS) is 14.9. The number of carbonyl (C=O) groups excluding carboxylic acids is 1. The van der Waals surface area contributed by atoms with E-state index in [1.54, 1.807) is 19.5 Å². The first-order valence-corrected chi connectivity index (χ1v) is 8.41. The fourth-order valence-corrected chi connectivity index (χ4v) is 2.99. The molecule has 3 rings (SSSR count). The van der Waals surface area contributed by atoms with Gasteiger partial charge in [-0.25, -0.2) is 0 Å². The molecule has 5 nitrogen and oxygen atoms in total. The number of carbonyl (C=O) groups is 1. The maximum atomic E-state index is 12.4. The number of hydrogen-bond acceptors (Lipinski definition) is 4. The molecule has 0 aliphatic heterocycles. The Hall–Kier alpha value is -2.56. The van der Waals surface area contributed by atoms with E-state index in [0.717, 1.165) is 30.0 Å². The van der Waals surface area contributed by atoms with E-state index in [1.807, 2.05) is 30.3 Å². The van der Waals surface area contributed by atoms with Crippen LogP contribution < -0.4 is 15.4 Å². The molecule has 0 atom stereocenters. The number of rotatable bonds is 5. The zero-order valence-electron chi connectivity index (χ0n) is 13.9. The van der Waals surface area contributed by atoms with Crippen molar-refractivity contribution in [1.29, 1.82) is 0 Å². The second-order valence-corrected chi connectivity index (χ2v) is 6.12. The number of hydrogen-bond donors (Lipinski definition) is 2. The van der Waals surface area contributed by atoms with Crippen LogP contribution in [0.3, 0.4) is 0 Å². The predicted molar refractivity (Wildman–Crippen MR) is 94.9 cm³/mol. The fourth-order valence-electron chi connectivity index (χ4n) is 2.99. The minimum absolute atomic E-state index is 0.0484. The van der Waals surface area contributed by atoms with Crippen LogP contribution in [0.1, 0.15) is 42.5 Å². The molecule has 1 aliphatic rings.